The molecule has 7 heteroatoms. The van der Waals surface area contributed by atoms with Gasteiger partial charge in [0.05, 0.1) is 11.8 Å². The molecule has 0 spiro atoms. The molecule has 0 radical (unpaired) electrons. The fourth-order valence-electron chi connectivity index (χ4n) is 3.82. The topological polar surface area (TPSA) is 70.4 Å². The maximum absolute atomic E-state index is 14.5. The van der Waals surface area contributed by atoms with Gasteiger partial charge in [0.25, 0.3) is 5.91 Å². The molecule has 0 unspecified atom stereocenters. The maximum atomic E-state index is 14.5. The zero-order chi connectivity index (χ0) is 18.8. The highest BCUT2D eigenvalue weighted by Gasteiger charge is 2.20. The molecule has 2 aromatic rings. The van der Waals surface area contributed by atoms with Crippen molar-refractivity contribution in [2.75, 3.05) is 18.0 Å². The molecule has 0 atom stereocenters. The predicted molar refractivity (Wildman–Crippen MR) is 100 cm³/mol. The highest BCUT2D eigenvalue weighted by atomic mass is 19.1. The summed E-state index contributed by atoms with van der Waals surface area (Å²) < 4.78 is 16.5. The molecular formula is C20H25FN4O2. The molecule has 4 rings (SSSR count). The monoisotopic (exact) mass is 372 g/mol. The largest absolute Gasteiger partial charge is 0.393 e. The zero-order valence-corrected chi connectivity index (χ0v) is 15.3. The molecule has 1 aromatic heterocycles. The molecule has 3 heterocycles. The van der Waals surface area contributed by atoms with E-state index in [2.05, 4.69) is 10.3 Å². The number of aliphatic hydroxyl groups excluding tert-OH is 1. The predicted octanol–water partition coefficient (Wildman–Crippen LogP) is 2.25. The third kappa shape index (κ3) is 3.98. The third-order valence-corrected chi connectivity index (χ3v) is 5.41. The van der Waals surface area contributed by atoms with Gasteiger partial charge < -0.3 is 19.9 Å². The first-order valence-corrected chi connectivity index (χ1v) is 9.66. The minimum atomic E-state index is -0.296. The Hall–Kier alpha value is -2.41. The fraction of sp³-hybridized carbons (Fsp3) is 0.500. The number of nitrogens with one attached hydrogen (secondary N) is 1. The lowest BCUT2D eigenvalue weighted by Gasteiger charge is -2.31. The first-order chi connectivity index (χ1) is 13.1. The lowest BCUT2D eigenvalue weighted by molar-refractivity contribution is 0.0946. The Balaban J connectivity index is 1.37. The lowest BCUT2D eigenvalue weighted by Crippen LogP contribution is -2.36. The van der Waals surface area contributed by atoms with Crippen molar-refractivity contribution in [3.05, 3.63) is 47.3 Å². The number of aryl methyl sites for hydroxylation is 2. The summed E-state index contributed by atoms with van der Waals surface area (Å²) in [6.07, 6.45) is 5.97. The molecular weight excluding hydrogens is 347 g/mol. The number of aliphatic hydroxyl groups is 1. The highest BCUT2D eigenvalue weighted by Crippen LogP contribution is 2.24. The second-order valence-electron chi connectivity index (χ2n) is 7.38. The van der Waals surface area contributed by atoms with Crippen LogP contribution in [-0.4, -0.2) is 39.8 Å². The number of carbonyl (C=O) groups is 1. The standard InChI is InChI=1S/C20H25FN4O2/c21-16-11-14(4-5-18(16)24-9-6-15(26)7-10-24)12-22-20(27)17-13-25-8-2-1-3-19(25)23-17/h4-5,11,13,15,26H,1-3,6-10,12H2,(H,22,27). The minimum absolute atomic E-state index is 0.230. The van der Waals surface area contributed by atoms with Crippen molar-refractivity contribution >= 4 is 11.6 Å². The van der Waals surface area contributed by atoms with E-state index >= 15 is 0 Å². The molecule has 1 fully saturated rings. The minimum Gasteiger partial charge on any atom is -0.393 e. The molecule has 1 aromatic carbocycles. The molecule has 2 aliphatic rings. The molecule has 27 heavy (non-hydrogen) atoms. The number of hydrogen-bond acceptors (Lipinski definition) is 4. The molecule has 1 amide bonds. The maximum Gasteiger partial charge on any atom is 0.271 e. The number of imidazole rings is 1. The molecule has 0 saturated carbocycles. The Morgan fingerprint density at radius 3 is 2.81 bits per heavy atom. The quantitative estimate of drug-likeness (QED) is 0.864. The number of benzene rings is 1. The summed E-state index contributed by atoms with van der Waals surface area (Å²) in [7, 11) is 0. The number of carbonyl (C=O) groups excluding carboxylic acids is 1. The molecule has 0 aliphatic carbocycles. The van der Waals surface area contributed by atoms with Gasteiger partial charge in [-0.2, -0.15) is 0 Å². The summed E-state index contributed by atoms with van der Waals surface area (Å²) in [5.74, 6) is 0.440. The van der Waals surface area contributed by atoms with Crippen LogP contribution in [0.2, 0.25) is 0 Å². The van der Waals surface area contributed by atoms with Crippen LogP contribution in [0.3, 0.4) is 0 Å². The fourth-order valence-corrected chi connectivity index (χ4v) is 3.82. The first-order valence-electron chi connectivity index (χ1n) is 9.66. The van der Waals surface area contributed by atoms with Crippen LogP contribution >= 0.6 is 0 Å². The van der Waals surface area contributed by atoms with Gasteiger partial charge in [0.2, 0.25) is 0 Å². The number of rotatable bonds is 4. The molecule has 1 saturated heterocycles. The van der Waals surface area contributed by atoms with Gasteiger partial charge in [-0.1, -0.05) is 6.07 Å². The molecule has 2 N–H and O–H groups in total. The number of hydrogen-bond donors (Lipinski definition) is 2. The van der Waals surface area contributed by atoms with Crippen LogP contribution in [0.15, 0.2) is 24.4 Å². The van der Waals surface area contributed by atoms with E-state index < -0.39 is 0 Å². The Morgan fingerprint density at radius 2 is 2.07 bits per heavy atom. The van der Waals surface area contributed by atoms with E-state index in [0.29, 0.717) is 42.9 Å². The van der Waals surface area contributed by atoms with E-state index in [-0.39, 0.29) is 24.4 Å². The van der Waals surface area contributed by atoms with Crippen LogP contribution in [-0.2, 0) is 19.5 Å². The molecule has 144 valence electrons. The van der Waals surface area contributed by atoms with Crippen molar-refractivity contribution in [3.63, 3.8) is 0 Å². The Bertz CT molecular complexity index is 804. The number of halogens is 1. The summed E-state index contributed by atoms with van der Waals surface area (Å²) in [4.78, 5) is 18.7. The van der Waals surface area contributed by atoms with E-state index in [0.717, 1.165) is 31.6 Å². The summed E-state index contributed by atoms with van der Waals surface area (Å²) in [5.41, 5.74) is 1.69. The van der Waals surface area contributed by atoms with Gasteiger partial charge in [-0.25, -0.2) is 9.37 Å². The number of anilines is 1. The number of piperidine rings is 1. The number of amides is 1. The van der Waals surface area contributed by atoms with Gasteiger partial charge in [0.15, 0.2) is 0 Å². The van der Waals surface area contributed by atoms with Crippen molar-refractivity contribution in [1.82, 2.24) is 14.9 Å². The van der Waals surface area contributed by atoms with Crippen LogP contribution < -0.4 is 10.2 Å². The van der Waals surface area contributed by atoms with Crippen LogP contribution in [0, 0.1) is 5.82 Å². The smallest absolute Gasteiger partial charge is 0.271 e. The summed E-state index contributed by atoms with van der Waals surface area (Å²) in [5, 5.41) is 12.4. The van der Waals surface area contributed by atoms with Gasteiger partial charge in [0.1, 0.15) is 17.3 Å². The van der Waals surface area contributed by atoms with E-state index in [1.807, 2.05) is 15.5 Å². The first kappa shape index (κ1) is 18.0. The van der Waals surface area contributed by atoms with Crippen molar-refractivity contribution in [2.24, 2.45) is 0 Å². The van der Waals surface area contributed by atoms with Gasteiger partial charge in [-0.05, 0) is 43.4 Å². The van der Waals surface area contributed by atoms with Crippen LogP contribution in [0.4, 0.5) is 10.1 Å². The van der Waals surface area contributed by atoms with Crippen molar-refractivity contribution in [1.29, 1.82) is 0 Å². The Labute approximate surface area is 158 Å². The summed E-state index contributed by atoms with van der Waals surface area (Å²) in [6, 6.07) is 5.06. The van der Waals surface area contributed by atoms with Gasteiger partial charge in [0, 0.05) is 38.8 Å². The van der Waals surface area contributed by atoms with Gasteiger partial charge >= 0.3 is 0 Å². The third-order valence-electron chi connectivity index (χ3n) is 5.41. The molecule has 2 aliphatic heterocycles. The lowest BCUT2D eigenvalue weighted by atomic mass is 10.1. The van der Waals surface area contributed by atoms with Gasteiger partial charge in [-0.3, -0.25) is 4.79 Å². The summed E-state index contributed by atoms with van der Waals surface area (Å²) >= 11 is 0. The summed E-state index contributed by atoms with van der Waals surface area (Å²) in [6.45, 7) is 2.48. The average Bonchev–Trinajstić information content (AvgIpc) is 3.11. The number of aromatic nitrogens is 2. The number of nitrogens with zero attached hydrogens (tertiary/aromatic N) is 3. The Kier molecular flexibility index (Phi) is 5.11. The van der Waals surface area contributed by atoms with E-state index in [4.69, 9.17) is 0 Å². The zero-order valence-electron chi connectivity index (χ0n) is 15.3. The van der Waals surface area contributed by atoms with Crippen LogP contribution in [0.25, 0.3) is 0 Å². The molecule has 6 nitrogen and oxygen atoms in total. The van der Waals surface area contributed by atoms with Crippen LogP contribution in [0.5, 0.6) is 0 Å². The van der Waals surface area contributed by atoms with Crippen molar-refractivity contribution in [3.8, 4) is 0 Å². The Morgan fingerprint density at radius 1 is 1.26 bits per heavy atom. The van der Waals surface area contributed by atoms with E-state index in [9.17, 15) is 14.3 Å². The van der Waals surface area contributed by atoms with E-state index in [1.165, 1.54) is 6.07 Å². The molecule has 0 bridgehead atoms. The number of fused-ring (bicyclic) bond motifs is 1. The van der Waals surface area contributed by atoms with Crippen LogP contribution in [0.1, 0.15) is 47.6 Å². The SMILES string of the molecule is O=C(NCc1ccc(N2CCC(O)CC2)c(F)c1)c1cn2c(n1)CCCC2. The normalized spacial score (nSPS) is 17.6. The highest BCUT2D eigenvalue weighted by molar-refractivity contribution is 5.92. The van der Waals surface area contributed by atoms with E-state index in [1.54, 1.807) is 12.3 Å². The van der Waals surface area contributed by atoms with Gasteiger partial charge in [-0.15, -0.1) is 0 Å². The van der Waals surface area contributed by atoms with Crippen molar-refractivity contribution in [2.45, 2.75) is 51.3 Å². The average molecular weight is 372 g/mol. The second kappa shape index (κ2) is 7.68. The van der Waals surface area contributed by atoms with Crippen molar-refractivity contribution < 1.29 is 14.3 Å². The second-order valence-corrected chi connectivity index (χ2v) is 7.38.